The Morgan fingerprint density at radius 1 is 1.17 bits per heavy atom. The predicted octanol–water partition coefficient (Wildman–Crippen LogP) is 2.76. The van der Waals surface area contributed by atoms with Gasteiger partial charge in [-0.3, -0.25) is 0 Å². The number of thioether (sulfide) groups is 1. The third-order valence-corrected chi connectivity index (χ3v) is 3.46. The lowest BCUT2D eigenvalue weighted by Gasteiger charge is -2.19. The first-order valence-electron chi connectivity index (χ1n) is 6.03. The van der Waals surface area contributed by atoms with Gasteiger partial charge in [0, 0.05) is 5.75 Å². The minimum Gasteiger partial charge on any atom is -0.215 e. The van der Waals surface area contributed by atoms with Crippen LogP contribution < -0.4 is 0 Å². The molecule has 0 bridgehead atoms. The summed E-state index contributed by atoms with van der Waals surface area (Å²) in [6.45, 7) is 6.31. The van der Waals surface area contributed by atoms with Crippen molar-refractivity contribution in [2.24, 2.45) is 0 Å². The van der Waals surface area contributed by atoms with Gasteiger partial charge in [0.25, 0.3) is 0 Å². The number of aryl methyl sites for hydroxylation is 1. The summed E-state index contributed by atoms with van der Waals surface area (Å²) in [6, 6.07) is 10.5. The fraction of sp³-hybridized carbons (Fsp3) is 0.462. The number of nitrogens with zero attached hydrogens (tertiary/aromatic N) is 4. The summed E-state index contributed by atoms with van der Waals surface area (Å²) in [5.41, 5.74) is 1.28. The van der Waals surface area contributed by atoms with E-state index in [0.717, 1.165) is 17.3 Å². The van der Waals surface area contributed by atoms with Gasteiger partial charge in [0.2, 0.25) is 5.16 Å². The monoisotopic (exact) mass is 262 g/mol. The fourth-order valence-corrected chi connectivity index (χ4v) is 2.64. The second kappa shape index (κ2) is 5.52. The molecule has 0 fully saturated rings. The second-order valence-electron chi connectivity index (χ2n) is 5.13. The van der Waals surface area contributed by atoms with Crippen molar-refractivity contribution < 1.29 is 0 Å². The van der Waals surface area contributed by atoms with Crippen molar-refractivity contribution in [3.63, 3.8) is 0 Å². The van der Waals surface area contributed by atoms with E-state index in [1.54, 1.807) is 11.8 Å². The molecule has 1 heterocycles. The van der Waals surface area contributed by atoms with Gasteiger partial charge in [-0.05, 0) is 43.2 Å². The summed E-state index contributed by atoms with van der Waals surface area (Å²) >= 11 is 1.70. The molecule has 18 heavy (non-hydrogen) atoms. The largest absolute Gasteiger partial charge is 0.215 e. The van der Waals surface area contributed by atoms with E-state index >= 15 is 0 Å². The number of benzene rings is 1. The van der Waals surface area contributed by atoms with E-state index in [0.29, 0.717) is 0 Å². The highest BCUT2D eigenvalue weighted by atomic mass is 32.2. The van der Waals surface area contributed by atoms with Gasteiger partial charge in [0.1, 0.15) is 0 Å². The van der Waals surface area contributed by atoms with Crippen LogP contribution in [-0.4, -0.2) is 26.0 Å². The molecule has 2 aromatic rings. The topological polar surface area (TPSA) is 43.6 Å². The first-order valence-corrected chi connectivity index (χ1v) is 7.01. The van der Waals surface area contributed by atoms with Gasteiger partial charge >= 0.3 is 0 Å². The summed E-state index contributed by atoms with van der Waals surface area (Å²) in [5, 5.41) is 12.8. The third kappa shape index (κ3) is 3.32. The molecule has 1 aromatic carbocycles. The molecule has 0 N–H and O–H groups in total. The van der Waals surface area contributed by atoms with Gasteiger partial charge in [-0.1, -0.05) is 42.1 Å². The van der Waals surface area contributed by atoms with Gasteiger partial charge in [-0.15, -0.1) is 5.10 Å². The van der Waals surface area contributed by atoms with Crippen molar-refractivity contribution in [2.75, 3.05) is 5.75 Å². The predicted molar refractivity (Wildman–Crippen MR) is 73.7 cm³/mol. The quantitative estimate of drug-likeness (QED) is 0.795. The molecular weight excluding hydrogens is 244 g/mol. The maximum absolute atomic E-state index is 4.08. The molecule has 0 amide bonds. The lowest BCUT2D eigenvalue weighted by Crippen LogP contribution is -2.24. The van der Waals surface area contributed by atoms with Crippen LogP contribution in [0.15, 0.2) is 35.5 Å². The Labute approximate surface area is 112 Å². The van der Waals surface area contributed by atoms with Crippen molar-refractivity contribution >= 4 is 11.8 Å². The maximum Gasteiger partial charge on any atom is 0.209 e. The van der Waals surface area contributed by atoms with Gasteiger partial charge in [-0.2, -0.15) is 0 Å². The highest BCUT2D eigenvalue weighted by Gasteiger charge is 2.19. The molecule has 0 unspecified atom stereocenters. The Kier molecular flexibility index (Phi) is 4.01. The van der Waals surface area contributed by atoms with Crippen LogP contribution in [-0.2, 0) is 12.0 Å². The van der Waals surface area contributed by atoms with Crippen molar-refractivity contribution in [3.8, 4) is 0 Å². The fourth-order valence-electron chi connectivity index (χ4n) is 1.59. The molecule has 4 nitrogen and oxygen atoms in total. The number of hydrogen-bond acceptors (Lipinski definition) is 4. The standard InChI is InChI=1S/C13H18N4S/c1-13(2,3)17-12(14-15-16-17)18-10-9-11-7-5-4-6-8-11/h4-8H,9-10H2,1-3H3. The number of aromatic nitrogens is 4. The Morgan fingerprint density at radius 3 is 2.56 bits per heavy atom. The average Bonchev–Trinajstić information content (AvgIpc) is 2.78. The highest BCUT2D eigenvalue weighted by molar-refractivity contribution is 7.99. The van der Waals surface area contributed by atoms with E-state index in [1.165, 1.54) is 5.56 Å². The van der Waals surface area contributed by atoms with Crippen molar-refractivity contribution in [1.82, 2.24) is 20.2 Å². The zero-order chi connectivity index (χ0) is 13.0. The summed E-state index contributed by atoms with van der Waals surface area (Å²) in [5.74, 6) is 0.987. The average molecular weight is 262 g/mol. The molecule has 0 aliphatic carbocycles. The van der Waals surface area contributed by atoms with E-state index in [9.17, 15) is 0 Å². The van der Waals surface area contributed by atoms with Crippen molar-refractivity contribution in [1.29, 1.82) is 0 Å². The van der Waals surface area contributed by atoms with Gasteiger partial charge in [-0.25, -0.2) is 4.68 Å². The summed E-state index contributed by atoms with van der Waals surface area (Å²) in [4.78, 5) is 0. The smallest absolute Gasteiger partial charge is 0.209 e. The molecule has 96 valence electrons. The van der Waals surface area contributed by atoms with E-state index in [2.05, 4.69) is 60.6 Å². The molecule has 5 heteroatoms. The van der Waals surface area contributed by atoms with E-state index < -0.39 is 0 Å². The van der Waals surface area contributed by atoms with Crippen LogP contribution in [0.5, 0.6) is 0 Å². The number of hydrogen-bond donors (Lipinski definition) is 0. The maximum atomic E-state index is 4.08. The number of rotatable bonds is 4. The molecule has 0 aliphatic heterocycles. The Balaban J connectivity index is 1.93. The molecule has 0 radical (unpaired) electrons. The van der Waals surface area contributed by atoms with E-state index in [4.69, 9.17) is 0 Å². The molecular formula is C13H18N4S. The van der Waals surface area contributed by atoms with Crippen molar-refractivity contribution in [2.45, 2.75) is 37.9 Å². The van der Waals surface area contributed by atoms with Crippen LogP contribution >= 0.6 is 11.8 Å². The summed E-state index contributed by atoms with van der Waals surface area (Å²) in [7, 11) is 0. The van der Waals surface area contributed by atoms with Crippen LogP contribution in [0.3, 0.4) is 0 Å². The number of tetrazole rings is 1. The van der Waals surface area contributed by atoms with Crippen LogP contribution in [0.2, 0.25) is 0 Å². The van der Waals surface area contributed by atoms with E-state index in [1.807, 2.05) is 10.7 Å². The minimum absolute atomic E-state index is 0.0709. The SMILES string of the molecule is CC(C)(C)n1nnnc1SCCc1ccccc1. The van der Waals surface area contributed by atoms with E-state index in [-0.39, 0.29) is 5.54 Å². The molecule has 0 atom stereocenters. The summed E-state index contributed by atoms with van der Waals surface area (Å²) in [6.07, 6.45) is 1.03. The van der Waals surface area contributed by atoms with Crippen LogP contribution in [0.4, 0.5) is 0 Å². The molecule has 0 saturated heterocycles. The van der Waals surface area contributed by atoms with Gasteiger partial charge in [0.05, 0.1) is 5.54 Å². The molecule has 0 saturated carbocycles. The van der Waals surface area contributed by atoms with Gasteiger partial charge < -0.3 is 0 Å². The first kappa shape index (κ1) is 13.1. The Bertz CT molecular complexity index is 487. The highest BCUT2D eigenvalue weighted by Crippen LogP contribution is 2.21. The van der Waals surface area contributed by atoms with Crippen LogP contribution in [0.1, 0.15) is 26.3 Å². The second-order valence-corrected chi connectivity index (χ2v) is 6.19. The molecule has 1 aromatic heterocycles. The van der Waals surface area contributed by atoms with Gasteiger partial charge in [0.15, 0.2) is 0 Å². The zero-order valence-electron chi connectivity index (χ0n) is 11.0. The van der Waals surface area contributed by atoms with Crippen LogP contribution in [0, 0.1) is 0 Å². The molecule has 2 rings (SSSR count). The summed E-state index contributed by atoms with van der Waals surface area (Å²) < 4.78 is 1.88. The Morgan fingerprint density at radius 2 is 1.89 bits per heavy atom. The molecule has 0 spiro atoms. The lowest BCUT2D eigenvalue weighted by atomic mass is 10.1. The zero-order valence-corrected chi connectivity index (χ0v) is 11.8. The molecule has 0 aliphatic rings. The lowest BCUT2D eigenvalue weighted by molar-refractivity contribution is 0.321. The third-order valence-electron chi connectivity index (χ3n) is 2.54. The van der Waals surface area contributed by atoms with Crippen molar-refractivity contribution in [3.05, 3.63) is 35.9 Å². The normalized spacial score (nSPS) is 11.7. The Hall–Kier alpha value is -1.36. The minimum atomic E-state index is -0.0709. The first-order chi connectivity index (χ1) is 8.57. The van der Waals surface area contributed by atoms with Crippen LogP contribution in [0.25, 0.3) is 0 Å².